The zero-order valence-electron chi connectivity index (χ0n) is 13.7. The maximum Gasteiger partial charge on any atom is 0.307 e. The molecule has 128 valence electrons. The fourth-order valence-corrected chi connectivity index (χ4v) is 2.31. The first-order valence-electron chi connectivity index (χ1n) is 7.52. The van der Waals surface area contributed by atoms with Crippen LogP contribution in [-0.2, 0) is 6.67 Å². The zero-order valence-corrected chi connectivity index (χ0v) is 13.7. The maximum atomic E-state index is 12.3. The Bertz CT molecular complexity index is 943. The van der Waals surface area contributed by atoms with Gasteiger partial charge in [-0.1, -0.05) is 12.1 Å². The van der Waals surface area contributed by atoms with Gasteiger partial charge in [0.25, 0.3) is 5.91 Å². The quantitative estimate of drug-likeness (QED) is 0.566. The van der Waals surface area contributed by atoms with Crippen LogP contribution >= 0.6 is 0 Å². The number of carbonyl (C=O) groups excluding carboxylic acids is 1. The maximum absolute atomic E-state index is 12.3. The van der Waals surface area contributed by atoms with E-state index in [0.717, 1.165) is 23.0 Å². The standard InChI is InChI=1S/C16H16N6O3/c1-11-4-3-5-14(12(11)2)18-16(23)15-6-7-20(19-15)10-21-9-13(8-17-21)22(24)25/h3-9H,10H2,1-2H3,(H,18,23). The minimum atomic E-state index is -0.518. The van der Waals surface area contributed by atoms with Crippen LogP contribution in [-0.4, -0.2) is 30.4 Å². The van der Waals surface area contributed by atoms with Gasteiger partial charge >= 0.3 is 5.69 Å². The highest BCUT2D eigenvalue weighted by Crippen LogP contribution is 2.18. The number of amides is 1. The Kier molecular flexibility index (Phi) is 4.29. The molecule has 0 saturated heterocycles. The van der Waals surface area contributed by atoms with Crippen LogP contribution < -0.4 is 5.32 Å². The highest BCUT2D eigenvalue weighted by molar-refractivity contribution is 6.03. The Morgan fingerprint density at radius 1 is 1.28 bits per heavy atom. The summed E-state index contributed by atoms with van der Waals surface area (Å²) in [5, 5.41) is 21.6. The number of aryl methyl sites for hydroxylation is 1. The first kappa shape index (κ1) is 16.4. The number of benzene rings is 1. The van der Waals surface area contributed by atoms with Gasteiger partial charge in [-0.15, -0.1) is 0 Å². The van der Waals surface area contributed by atoms with Gasteiger partial charge in [0.15, 0.2) is 5.69 Å². The molecular formula is C16H16N6O3. The molecular weight excluding hydrogens is 324 g/mol. The molecule has 0 spiro atoms. The fraction of sp³-hybridized carbons (Fsp3) is 0.188. The van der Waals surface area contributed by atoms with E-state index in [1.54, 1.807) is 12.3 Å². The summed E-state index contributed by atoms with van der Waals surface area (Å²) in [6.07, 6.45) is 4.08. The summed E-state index contributed by atoms with van der Waals surface area (Å²) in [6, 6.07) is 7.27. The summed E-state index contributed by atoms with van der Waals surface area (Å²) >= 11 is 0. The van der Waals surface area contributed by atoms with Gasteiger partial charge in [-0.3, -0.25) is 19.6 Å². The van der Waals surface area contributed by atoms with E-state index in [2.05, 4.69) is 15.5 Å². The minimum absolute atomic E-state index is 0.0972. The zero-order chi connectivity index (χ0) is 18.0. The lowest BCUT2D eigenvalue weighted by atomic mass is 10.1. The predicted octanol–water partition coefficient (Wildman–Crippen LogP) is 2.36. The summed E-state index contributed by atoms with van der Waals surface area (Å²) in [6.45, 7) is 4.09. The monoisotopic (exact) mass is 340 g/mol. The van der Waals surface area contributed by atoms with Gasteiger partial charge in [-0.2, -0.15) is 10.2 Å². The van der Waals surface area contributed by atoms with Crippen molar-refractivity contribution < 1.29 is 9.72 Å². The number of nitro groups is 1. The first-order valence-corrected chi connectivity index (χ1v) is 7.52. The van der Waals surface area contributed by atoms with Gasteiger partial charge in [-0.05, 0) is 37.1 Å². The smallest absolute Gasteiger partial charge is 0.307 e. The van der Waals surface area contributed by atoms with Gasteiger partial charge in [0.1, 0.15) is 19.1 Å². The van der Waals surface area contributed by atoms with E-state index in [0.29, 0.717) is 0 Å². The van der Waals surface area contributed by atoms with Crippen molar-refractivity contribution in [2.45, 2.75) is 20.5 Å². The van der Waals surface area contributed by atoms with Gasteiger partial charge in [0, 0.05) is 11.9 Å². The van der Waals surface area contributed by atoms with Crippen molar-refractivity contribution in [1.82, 2.24) is 19.6 Å². The van der Waals surface area contributed by atoms with Crippen LogP contribution in [0.2, 0.25) is 0 Å². The van der Waals surface area contributed by atoms with E-state index < -0.39 is 4.92 Å². The molecule has 1 aromatic carbocycles. The number of aromatic nitrogens is 4. The number of anilines is 1. The van der Waals surface area contributed by atoms with Gasteiger partial charge in [0.05, 0.1) is 4.92 Å². The molecule has 0 atom stereocenters. The van der Waals surface area contributed by atoms with E-state index in [1.165, 1.54) is 15.6 Å². The van der Waals surface area contributed by atoms with E-state index in [9.17, 15) is 14.9 Å². The predicted molar refractivity (Wildman–Crippen MR) is 90.4 cm³/mol. The molecule has 0 aliphatic rings. The minimum Gasteiger partial charge on any atom is -0.320 e. The van der Waals surface area contributed by atoms with Gasteiger partial charge in [0.2, 0.25) is 0 Å². The molecule has 0 aliphatic carbocycles. The number of rotatable bonds is 5. The number of nitrogens with zero attached hydrogens (tertiary/aromatic N) is 5. The Morgan fingerprint density at radius 3 is 2.80 bits per heavy atom. The lowest BCUT2D eigenvalue weighted by Gasteiger charge is -2.09. The molecule has 2 heterocycles. The summed E-state index contributed by atoms with van der Waals surface area (Å²) in [5.41, 5.74) is 2.98. The van der Waals surface area contributed by atoms with Crippen molar-refractivity contribution in [1.29, 1.82) is 0 Å². The summed E-state index contributed by atoms with van der Waals surface area (Å²) in [7, 11) is 0. The number of carbonyl (C=O) groups is 1. The molecule has 9 heteroatoms. The van der Waals surface area contributed by atoms with Crippen molar-refractivity contribution >= 4 is 17.3 Å². The van der Waals surface area contributed by atoms with E-state index in [4.69, 9.17) is 0 Å². The van der Waals surface area contributed by atoms with Crippen LogP contribution in [0.25, 0.3) is 0 Å². The van der Waals surface area contributed by atoms with Crippen LogP contribution in [0.3, 0.4) is 0 Å². The molecule has 0 unspecified atom stereocenters. The second-order valence-corrected chi connectivity index (χ2v) is 5.58. The Balaban J connectivity index is 1.71. The molecule has 3 aromatic rings. The largest absolute Gasteiger partial charge is 0.320 e. The molecule has 2 aromatic heterocycles. The number of hydrogen-bond donors (Lipinski definition) is 1. The Morgan fingerprint density at radius 2 is 2.08 bits per heavy atom. The molecule has 0 aliphatic heterocycles. The van der Waals surface area contributed by atoms with E-state index in [-0.39, 0.29) is 24.0 Å². The van der Waals surface area contributed by atoms with Crippen molar-refractivity contribution in [3.8, 4) is 0 Å². The third-order valence-electron chi connectivity index (χ3n) is 3.85. The summed E-state index contributed by atoms with van der Waals surface area (Å²) in [4.78, 5) is 22.5. The fourth-order valence-electron chi connectivity index (χ4n) is 2.31. The van der Waals surface area contributed by atoms with Crippen LogP contribution in [0, 0.1) is 24.0 Å². The molecule has 1 N–H and O–H groups in total. The highest BCUT2D eigenvalue weighted by atomic mass is 16.6. The van der Waals surface area contributed by atoms with E-state index >= 15 is 0 Å². The van der Waals surface area contributed by atoms with E-state index in [1.807, 2.05) is 32.0 Å². The first-order chi connectivity index (χ1) is 11.9. The molecule has 0 radical (unpaired) electrons. The average molecular weight is 340 g/mol. The van der Waals surface area contributed by atoms with Crippen LogP contribution in [0.1, 0.15) is 21.6 Å². The van der Waals surface area contributed by atoms with Crippen molar-refractivity contribution in [2.24, 2.45) is 0 Å². The molecule has 0 saturated carbocycles. The van der Waals surface area contributed by atoms with Crippen LogP contribution in [0.4, 0.5) is 11.4 Å². The molecule has 0 fully saturated rings. The lowest BCUT2D eigenvalue weighted by molar-refractivity contribution is -0.385. The molecule has 0 bridgehead atoms. The van der Waals surface area contributed by atoms with Crippen LogP contribution in [0.15, 0.2) is 42.9 Å². The number of hydrogen-bond acceptors (Lipinski definition) is 5. The van der Waals surface area contributed by atoms with Crippen molar-refractivity contribution in [3.63, 3.8) is 0 Å². The molecule has 9 nitrogen and oxygen atoms in total. The third kappa shape index (κ3) is 3.55. The SMILES string of the molecule is Cc1cccc(NC(=O)c2ccn(Cn3cc([N+](=O)[O-])cn3)n2)c1C. The second kappa shape index (κ2) is 6.56. The third-order valence-corrected chi connectivity index (χ3v) is 3.85. The van der Waals surface area contributed by atoms with Crippen molar-refractivity contribution in [3.05, 3.63) is 69.8 Å². The second-order valence-electron chi connectivity index (χ2n) is 5.58. The normalized spacial score (nSPS) is 10.6. The summed E-state index contributed by atoms with van der Waals surface area (Å²) in [5.74, 6) is -0.320. The molecule has 3 rings (SSSR count). The molecule has 1 amide bonds. The van der Waals surface area contributed by atoms with Gasteiger partial charge < -0.3 is 5.32 Å². The number of nitrogens with one attached hydrogen (secondary N) is 1. The van der Waals surface area contributed by atoms with Gasteiger partial charge in [-0.25, -0.2) is 4.68 Å². The Labute approximate surface area is 143 Å². The molecule has 25 heavy (non-hydrogen) atoms. The topological polar surface area (TPSA) is 108 Å². The average Bonchev–Trinajstić information content (AvgIpc) is 3.22. The van der Waals surface area contributed by atoms with Crippen molar-refractivity contribution in [2.75, 3.05) is 5.32 Å². The lowest BCUT2D eigenvalue weighted by Crippen LogP contribution is -2.15. The highest BCUT2D eigenvalue weighted by Gasteiger charge is 2.13. The summed E-state index contributed by atoms with van der Waals surface area (Å²) < 4.78 is 2.85. The van der Waals surface area contributed by atoms with Crippen LogP contribution in [0.5, 0.6) is 0 Å². The Hall–Kier alpha value is -3.49.